The topological polar surface area (TPSA) is 67.9 Å². The molecule has 0 radical (unpaired) electrons. The Hall–Kier alpha value is -3.03. The molecule has 0 unspecified atom stereocenters. The summed E-state index contributed by atoms with van der Waals surface area (Å²) in [6.45, 7) is 3.61. The van der Waals surface area contributed by atoms with Gasteiger partial charge in [-0.3, -0.25) is 9.69 Å². The van der Waals surface area contributed by atoms with E-state index in [9.17, 15) is 18.0 Å². The average molecular weight is 391 g/mol. The molecule has 0 aromatic heterocycles. The predicted molar refractivity (Wildman–Crippen MR) is 98.8 cm³/mol. The molecular formula is C20H20F3N3O2. The third-order valence-corrected chi connectivity index (χ3v) is 4.89. The highest BCUT2D eigenvalue weighted by atomic mass is 19.4. The van der Waals surface area contributed by atoms with Crippen molar-refractivity contribution >= 4 is 11.9 Å². The van der Waals surface area contributed by atoms with Gasteiger partial charge in [-0.15, -0.1) is 13.2 Å². The zero-order valence-corrected chi connectivity index (χ0v) is 15.6. The highest BCUT2D eigenvalue weighted by Gasteiger charge is 2.47. The molecule has 5 nitrogen and oxygen atoms in total. The van der Waals surface area contributed by atoms with Crippen LogP contribution in [0.2, 0.25) is 0 Å². The summed E-state index contributed by atoms with van der Waals surface area (Å²) in [6, 6.07) is 12.9. The van der Waals surface area contributed by atoms with Gasteiger partial charge in [0.2, 0.25) is 5.91 Å². The average Bonchev–Trinajstić information content (AvgIpc) is 2.60. The molecule has 1 amide bonds. The van der Waals surface area contributed by atoms with E-state index in [1.807, 2.05) is 31.2 Å². The standard InChI is InChI=1S/C20H20F3N3O2/c1-12-7-9-13(10-8-12)16-17(27)26(3)18(24)25-19(16,2)14-5-4-6-15(11-14)28-20(21,22)23/h4-11,16H,1-3H3,(H2,24,25)/t16-,19+/m0/s1. The van der Waals surface area contributed by atoms with Crippen molar-refractivity contribution in [1.82, 2.24) is 4.90 Å². The summed E-state index contributed by atoms with van der Waals surface area (Å²) in [7, 11) is 1.52. The number of nitrogens with two attached hydrogens (primary N) is 1. The highest BCUT2D eigenvalue weighted by Crippen LogP contribution is 2.44. The third kappa shape index (κ3) is 3.67. The Morgan fingerprint density at radius 2 is 1.82 bits per heavy atom. The fourth-order valence-corrected chi connectivity index (χ4v) is 3.39. The molecule has 2 atom stereocenters. The molecule has 0 spiro atoms. The number of hydrogen-bond donors (Lipinski definition) is 1. The quantitative estimate of drug-likeness (QED) is 0.868. The Labute approximate surface area is 160 Å². The number of benzene rings is 2. The number of aliphatic imine (C=N–C) groups is 1. The van der Waals surface area contributed by atoms with Crippen LogP contribution in [-0.4, -0.2) is 30.2 Å². The first-order chi connectivity index (χ1) is 13.0. The van der Waals surface area contributed by atoms with Crippen LogP contribution in [0.5, 0.6) is 5.75 Å². The van der Waals surface area contributed by atoms with E-state index in [4.69, 9.17) is 5.73 Å². The first-order valence-electron chi connectivity index (χ1n) is 8.57. The molecule has 0 bridgehead atoms. The van der Waals surface area contributed by atoms with Gasteiger partial charge in [-0.05, 0) is 37.1 Å². The minimum absolute atomic E-state index is 0.00185. The van der Waals surface area contributed by atoms with Crippen molar-refractivity contribution in [3.63, 3.8) is 0 Å². The van der Waals surface area contributed by atoms with E-state index in [1.54, 1.807) is 13.0 Å². The van der Waals surface area contributed by atoms with Gasteiger partial charge in [0.05, 0.1) is 5.92 Å². The SMILES string of the molecule is Cc1ccc([C@H]2C(=O)N(C)C(N)=N[C@]2(C)c2cccc(OC(F)(F)F)c2)cc1. The molecule has 148 valence electrons. The number of likely N-dealkylation sites (N-methyl/N-ethyl adjacent to an activating group) is 1. The van der Waals surface area contributed by atoms with Gasteiger partial charge in [0, 0.05) is 7.05 Å². The van der Waals surface area contributed by atoms with Gasteiger partial charge in [0.15, 0.2) is 5.96 Å². The monoisotopic (exact) mass is 391 g/mol. The van der Waals surface area contributed by atoms with Gasteiger partial charge in [0.25, 0.3) is 0 Å². The van der Waals surface area contributed by atoms with Crippen LogP contribution in [0, 0.1) is 6.92 Å². The van der Waals surface area contributed by atoms with Crippen LogP contribution in [-0.2, 0) is 10.3 Å². The molecular weight excluding hydrogens is 371 g/mol. The second-order valence-electron chi connectivity index (χ2n) is 6.93. The Kier molecular flexibility index (Phi) is 4.82. The highest BCUT2D eigenvalue weighted by molar-refractivity contribution is 6.02. The number of amides is 1. The van der Waals surface area contributed by atoms with Gasteiger partial charge in [-0.1, -0.05) is 42.0 Å². The summed E-state index contributed by atoms with van der Waals surface area (Å²) < 4.78 is 41.9. The molecule has 0 aliphatic carbocycles. The van der Waals surface area contributed by atoms with Gasteiger partial charge < -0.3 is 10.5 Å². The summed E-state index contributed by atoms with van der Waals surface area (Å²) in [5, 5.41) is 0. The predicted octanol–water partition coefficient (Wildman–Crippen LogP) is 3.68. The van der Waals surface area contributed by atoms with Crippen molar-refractivity contribution in [2.75, 3.05) is 7.05 Å². The molecule has 1 heterocycles. The number of aryl methyl sites for hydroxylation is 1. The minimum atomic E-state index is -4.82. The number of ether oxygens (including phenoxy) is 1. The Balaban J connectivity index is 2.15. The van der Waals surface area contributed by atoms with Crippen LogP contribution >= 0.6 is 0 Å². The largest absolute Gasteiger partial charge is 0.573 e. The molecule has 0 fully saturated rings. The molecule has 1 aliphatic heterocycles. The second-order valence-corrected chi connectivity index (χ2v) is 6.93. The normalized spacial score (nSPS) is 22.8. The molecule has 2 aromatic carbocycles. The summed E-state index contributed by atoms with van der Waals surface area (Å²) in [6.07, 6.45) is -4.82. The number of alkyl halides is 3. The van der Waals surface area contributed by atoms with Crippen LogP contribution in [0.1, 0.15) is 29.5 Å². The van der Waals surface area contributed by atoms with E-state index in [0.29, 0.717) is 11.1 Å². The fourth-order valence-electron chi connectivity index (χ4n) is 3.39. The van der Waals surface area contributed by atoms with Crippen LogP contribution in [0.4, 0.5) is 13.2 Å². The van der Waals surface area contributed by atoms with E-state index in [2.05, 4.69) is 9.73 Å². The first kappa shape index (κ1) is 19.7. The molecule has 1 aliphatic rings. The molecule has 8 heteroatoms. The number of carbonyl (C=O) groups is 1. The Morgan fingerprint density at radius 3 is 2.43 bits per heavy atom. The maximum Gasteiger partial charge on any atom is 0.573 e. The maximum atomic E-state index is 13.1. The molecule has 2 N–H and O–H groups in total. The van der Waals surface area contributed by atoms with Crippen LogP contribution < -0.4 is 10.5 Å². The summed E-state index contributed by atoms with van der Waals surface area (Å²) >= 11 is 0. The third-order valence-electron chi connectivity index (χ3n) is 4.89. The van der Waals surface area contributed by atoms with Crippen molar-refractivity contribution in [3.8, 4) is 5.75 Å². The molecule has 2 aromatic rings. The Morgan fingerprint density at radius 1 is 1.18 bits per heavy atom. The zero-order valence-electron chi connectivity index (χ0n) is 15.6. The van der Waals surface area contributed by atoms with Crippen LogP contribution in [0.25, 0.3) is 0 Å². The lowest BCUT2D eigenvalue weighted by Crippen LogP contribution is -2.52. The fraction of sp³-hybridized carbons (Fsp3) is 0.300. The van der Waals surface area contributed by atoms with Crippen molar-refractivity contribution < 1.29 is 22.7 Å². The number of guanidine groups is 1. The van der Waals surface area contributed by atoms with Crippen LogP contribution in [0.3, 0.4) is 0 Å². The van der Waals surface area contributed by atoms with E-state index in [0.717, 1.165) is 5.56 Å². The summed E-state index contributed by atoms with van der Waals surface area (Å²) in [5.41, 5.74) is 6.84. The summed E-state index contributed by atoms with van der Waals surface area (Å²) in [4.78, 5) is 18.8. The van der Waals surface area contributed by atoms with Gasteiger partial charge in [0.1, 0.15) is 11.3 Å². The number of halogens is 3. The van der Waals surface area contributed by atoms with Crippen molar-refractivity contribution in [2.24, 2.45) is 10.7 Å². The lowest BCUT2D eigenvalue weighted by molar-refractivity contribution is -0.274. The van der Waals surface area contributed by atoms with Crippen molar-refractivity contribution in [2.45, 2.75) is 31.7 Å². The number of rotatable bonds is 3. The zero-order chi connectivity index (χ0) is 20.7. The van der Waals surface area contributed by atoms with Crippen molar-refractivity contribution in [1.29, 1.82) is 0 Å². The lowest BCUT2D eigenvalue weighted by Gasteiger charge is -2.41. The van der Waals surface area contributed by atoms with Crippen LogP contribution in [0.15, 0.2) is 53.5 Å². The number of carbonyl (C=O) groups excluding carboxylic acids is 1. The van der Waals surface area contributed by atoms with E-state index >= 15 is 0 Å². The summed E-state index contributed by atoms with van der Waals surface area (Å²) in [5.74, 6) is -1.43. The van der Waals surface area contributed by atoms with Gasteiger partial charge in [-0.2, -0.15) is 0 Å². The molecule has 0 saturated carbocycles. The minimum Gasteiger partial charge on any atom is -0.406 e. The lowest BCUT2D eigenvalue weighted by atomic mass is 9.74. The van der Waals surface area contributed by atoms with Gasteiger partial charge >= 0.3 is 6.36 Å². The van der Waals surface area contributed by atoms with E-state index in [1.165, 1.54) is 30.1 Å². The smallest absolute Gasteiger partial charge is 0.406 e. The van der Waals surface area contributed by atoms with Gasteiger partial charge in [-0.25, -0.2) is 4.99 Å². The molecule has 0 saturated heterocycles. The Bertz CT molecular complexity index is 925. The molecule has 3 rings (SSSR count). The second kappa shape index (κ2) is 6.85. The van der Waals surface area contributed by atoms with E-state index < -0.39 is 17.8 Å². The number of nitrogens with zero attached hydrogens (tertiary/aromatic N) is 2. The maximum absolute atomic E-state index is 13.1. The molecule has 28 heavy (non-hydrogen) atoms. The van der Waals surface area contributed by atoms with Crippen molar-refractivity contribution in [3.05, 3.63) is 65.2 Å². The van der Waals surface area contributed by atoms with E-state index in [-0.39, 0.29) is 17.6 Å². The number of hydrogen-bond acceptors (Lipinski definition) is 4. The first-order valence-corrected chi connectivity index (χ1v) is 8.57.